The van der Waals surface area contributed by atoms with Crippen molar-refractivity contribution in [3.63, 3.8) is 0 Å². The zero-order valence-corrected chi connectivity index (χ0v) is 7.92. The van der Waals surface area contributed by atoms with E-state index in [9.17, 15) is 0 Å². The summed E-state index contributed by atoms with van der Waals surface area (Å²) in [4.78, 5) is 0. The van der Waals surface area contributed by atoms with Crippen LogP contribution in [0.2, 0.25) is 0 Å². The molecule has 0 aromatic carbocycles. The van der Waals surface area contributed by atoms with Gasteiger partial charge in [-0.1, -0.05) is 34.2 Å². The summed E-state index contributed by atoms with van der Waals surface area (Å²) < 4.78 is 1.48. The highest BCUT2D eigenvalue weighted by Crippen LogP contribution is 2.56. The van der Waals surface area contributed by atoms with E-state index in [1.54, 1.807) is 0 Å². The van der Waals surface area contributed by atoms with Gasteiger partial charge in [-0.15, -0.1) is 0 Å². The minimum atomic E-state index is 0.851. The second-order valence-corrected chi connectivity index (χ2v) is 4.88. The van der Waals surface area contributed by atoms with Gasteiger partial charge in [0, 0.05) is 0 Å². The highest BCUT2D eigenvalue weighted by molar-refractivity contribution is 9.11. The largest absolute Gasteiger partial charge is 0.0879 e. The van der Waals surface area contributed by atoms with Crippen LogP contribution in [0.15, 0.2) is 22.7 Å². The lowest BCUT2D eigenvalue weighted by Crippen LogP contribution is -2.14. The first-order valence-electron chi connectivity index (χ1n) is 4.40. The van der Waals surface area contributed by atoms with Crippen molar-refractivity contribution in [2.45, 2.75) is 12.8 Å². The maximum atomic E-state index is 3.66. The molecule has 0 heterocycles. The van der Waals surface area contributed by atoms with Gasteiger partial charge in [0.05, 0.1) is 0 Å². The maximum absolute atomic E-state index is 3.66. The summed E-state index contributed by atoms with van der Waals surface area (Å²) in [5.74, 6) is 3.61. The van der Waals surface area contributed by atoms with E-state index in [0.717, 1.165) is 23.7 Å². The minimum absolute atomic E-state index is 0.851. The molecule has 0 saturated heterocycles. The molecule has 0 amide bonds. The maximum Gasteiger partial charge on any atom is -0.00272 e. The van der Waals surface area contributed by atoms with Crippen LogP contribution in [0.1, 0.15) is 12.8 Å². The van der Waals surface area contributed by atoms with E-state index in [0.29, 0.717) is 0 Å². The third kappa shape index (κ3) is 0.703. The Balaban J connectivity index is 2.03. The van der Waals surface area contributed by atoms with E-state index < -0.39 is 0 Å². The van der Waals surface area contributed by atoms with Crippen molar-refractivity contribution >= 4 is 15.9 Å². The first-order chi connectivity index (χ1) is 5.36. The molecule has 3 aliphatic rings. The molecule has 0 aromatic rings. The van der Waals surface area contributed by atoms with Gasteiger partial charge in [0.1, 0.15) is 0 Å². The summed E-state index contributed by atoms with van der Waals surface area (Å²) in [7, 11) is 0. The molecular formula is C10H11Br. The second-order valence-electron chi connectivity index (χ2n) is 3.96. The fourth-order valence-electron chi connectivity index (χ4n) is 3.03. The van der Waals surface area contributed by atoms with Gasteiger partial charge < -0.3 is 0 Å². The third-order valence-electron chi connectivity index (χ3n) is 3.53. The van der Waals surface area contributed by atoms with Crippen LogP contribution in [0.3, 0.4) is 0 Å². The average Bonchev–Trinajstić information content (AvgIpc) is 2.52. The first kappa shape index (κ1) is 6.47. The summed E-state index contributed by atoms with van der Waals surface area (Å²) in [6.45, 7) is 0. The Morgan fingerprint density at radius 1 is 1.45 bits per heavy atom. The highest BCUT2D eigenvalue weighted by atomic mass is 79.9. The molecule has 1 saturated carbocycles. The molecule has 0 spiro atoms. The lowest BCUT2D eigenvalue weighted by molar-refractivity contribution is 0.396. The predicted molar refractivity (Wildman–Crippen MR) is 49.3 cm³/mol. The van der Waals surface area contributed by atoms with Crippen LogP contribution in [0, 0.1) is 23.7 Å². The van der Waals surface area contributed by atoms with E-state index >= 15 is 0 Å². The molecule has 1 heteroatoms. The fraction of sp³-hybridized carbons (Fsp3) is 0.600. The molecule has 0 radical (unpaired) electrons. The standard InChI is InChI=1S/C10H11Br/c11-10-5-6-4-9(10)8-3-1-2-7(6)8/h1,3,5-9H,2,4H2/t6-,7+,8-,9-/m1/s1. The van der Waals surface area contributed by atoms with Crippen molar-refractivity contribution < 1.29 is 0 Å². The Hall–Kier alpha value is -0.0400. The van der Waals surface area contributed by atoms with Crippen molar-refractivity contribution in [1.29, 1.82) is 0 Å². The van der Waals surface area contributed by atoms with Gasteiger partial charge in [0.25, 0.3) is 0 Å². The van der Waals surface area contributed by atoms with Crippen LogP contribution in [0.4, 0.5) is 0 Å². The van der Waals surface area contributed by atoms with E-state index in [-0.39, 0.29) is 0 Å². The highest BCUT2D eigenvalue weighted by Gasteiger charge is 2.47. The third-order valence-corrected chi connectivity index (χ3v) is 4.38. The smallest absolute Gasteiger partial charge is 0.00272 e. The molecule has 0 unspecified atom stereocenters. The van der Waals surface area contributed by atoms with E-state index in [1.807, 2.05) is 0 Å². The van der Waals surface area contributed by atoms with Crippen LogP contribution in [0.25, 0.3) is 0 Å². The summed E-state index contributed by atoms with van der Waals surface area (Å²) in [5, 5.41) is 0. The number of hydrogen-bond acceptors (Lipinski definition) is 0. The van der Waals surface area contributed by atoms with E-state index in [2.05, 4.69) is 34.2 Å². The Morgan fingerprint density at radius 2 is 2.36 bits per heavy atom. The molecule has 4 atom stereocenters. The van der Waals surface area contributed by atoms with Crippen molar-refractivity contribution in [3.8, 4) is 0 Å². The van der Waals surface area contributed by atoms with Gasteiger partial charge in [-0.2, -0.15) is 0 Å². The van der Waals surface area contributed by atoms with Gasteiger partial charge in [-0.3, -0.25) is 0 Å². The Kier molecular flexibility index (Phi) is 1.18. The molecule has 0 aromatic heterocycles. The van der Waals surface area contributed by atoms with Crippen LogP contribution >= 0.6 is 15.9 Å². The zero-order chi connectivity index (χ0) is 7.42. The van der Waals surface area contributed by atoms with Gasteiger partial charge in [0.15, 0.2) is 0 Å². The number of allylic oxidation sites excluding steroid dienone is 4. The van der Waals surface area contributed by atoms with E-state index in [1.165, 1.54) is 17.3 Å². The van der Waals surface area contributed by atoms with Gasteiger partial charge >= 0.3 is 0 Å². The van der Waals surface area contributed by atoms with Gasteiger partial charge in [-0.25, -0.2) is 0 Å². The molecule has 2 bridgehead atoms. The quantitative estimate of drug-likeness (QED) is 0.540. The zero-order valence-electron chi connectivity index (χ0n) is 6.33. The number of fused-ring (bicyclic) bond motifs is 5. The first-order valence-corrected chi connectivity index (χ1v) is 5.19. The molecule has 3 aliphatic carbocycles. The molecule has 1 fully saturated rings. The summed E-state index contributed by atoms with van der Waals surface area (Å²) >= 11 is 3.66. The number of hydrogen-bond donors (Lipinski definition) is 0. The second kappa shape index (κ2) is 2.01. The van der Waals surface area contributed by atoms with E-state index in [4.69, 9.17) is 0 Å². The molecule has 0 nitrogen and oxygen atoms in total. The molecule has 0 aliphatic heterocycles. The van der Waals surface area contributed by atoms with Crippen molar-refractivity contribution in [1.82, 2.24) is 0 Å². The molecule has 11 heavy (non-hydrogen) atoms. The Labute approximate surface area is 75.5 Å². The topological polar surface area (TPSA) is 0 Å². The Morgan fingerprint density at radius 3 is 3.27 bits per heavy atom. The molecular weight excluding hydrogens is 200 g/mol. The van der Waals surface area contributed by atoms with Crippen molar-refractivity contribution in [2.24, 2.45) is 23.7 Å². The molecule has 0 N–H and O–H groups in total. The van der Waals surface area contributed by atoms with Crippen LogP contribution < -0.4 is 0 Å². The molecule has 58 valence electrons. The van der Waals surface area contributed by atoms with Crippen LogP contribution in [-0.4, -0.2) is 0 Å². The lowest BCUT2D eigenvalue weighted by Gasteiger charge is -2.21. The van der Waals surface area contributed by atoms with Gasteiger partial charge in [0.2, 0.25) is 0 Å². The van der Waals surface area contributed by atoms with Crippen LogP contribution in [-0.2, 0) is 0 Å². The summed E-state index contributed by atoms with van der Waals surface area (Å²) in [6, 6.07) is 0. The SMILES string of the molecule is BrC1=C[C@H]2C[C@@H]1[C@@H]1C=CC[C@H]12. The minimum Gasteiger partial charge on any atom is -0.0879 e. The normalized spacial score (nSPS) is 51.5. The van der Waals surface area contributed by atoms with Crippen molar-refractivity contribution in [3.05, 3.63) is 22.7 Å². The lowest BCUT2D eigenvalue weighted by atomic mass is 9.86. The fourth-order valence-corrected chi connectivity index (χ4v) is 3.86. The summed E-state index contributed by atoms with van der Waals surface area (Å²) in [5.41, 5.74) is 0. The average molecular weight is 211 g/mol. The molecule has 3 rings (SSSR count). The van der Waals surface area contributed by atoms with Crippen molar-refractivity contribution in [2.75, 3.05) is 0 Å². The van der Waals surface area contributed by atoms with Crippen LogP contribution in [0.5, 0.6) is 0 Å². The van der Waals surface area contributed by atoms with Gasteiger partial charge in [-0.05, 0) is 41.0 Å². The number of halogens is 1. The Bertz CT molecular complexity index is 252. The summed E-state index contributed by atoms with van der Waals surface area (Å²) in [6.07, 6.45) is 10.00. The number of rotatable bonds is 0. The monoisotopic (exact) mass is 210 g/mol. The predicted octanol–water partition coefficient (Wildman–Crippen LogP) is 3.11.